The minimum absolute atomic E-state index is 0.179. The molecule has 0 aliphatic carbocycles. The van der Waals surface area contributed by atoms with Crippen molar-refractivity contribution in [2.45, 2.75) is 26.8 Å². The molecule has 7 heteroatoms. The highest BCUT2D eigenvalue weighted by Crippen LogP contribution is 2.35. The Morgan fingerprint density at radius 1 is 1.11 bits per heavy atom. The van der Waals surface area contributed by atoms with Gasteiger partial charge >= 0.3 is 0 Å². The zero-order valence-electron chi connectivity index (χ0n) is 15.4. The Bertz CT molecular complexity index is 1050. The molecule has 3 aromatic rings. The van der Waals surface area contributed by atoms with Crippen LogP contribution in [0.25, 0.3) is 0 Å². The molecule has 1 aromatic heterocycles. The highest BCUT2D eigenvalue weighted by molar-refractivity contribution is 6.06. The van der Waals surface area contributed by atoms with Crippen LogP contribution in [-0.2, 0) is 4.79 Å². The summed E-state index contributed by atoms with van der Waals surface area (Å²) < 4.78 is 1.65. The Kier molecular flexibility index (Phi) is 4.19. The molecule has 0 fully saturated rings. The first-order valence-corrected chi connectivity index (χ1v) is 8.74. The van der Waals surface area contributed by atoms with Gasteiger partial charge in [0.1, 0.15) is 6.04 Å². The van der Waals surface area contributed by atoms with Gasteiger partial charge in [-0.05, 0) is 48.4 Å². The number of hydrogen-bond acceptors (Lipinski definition) is 5. The minimum Gasteiger partial charge on any atom is -0.326 e. The van der Waals surface area contributed by atoms with Crippen molar-refractivity contribution >= 4 is 17.5 Å². The molecule has 1 aliphatic rings. The second-order valence-corrected chi connectivity index (χ2v) is 6.70. The topological polar surface area (TPSA) is 84.7 Å². The molecule has 1 amide bonds. The van der Waals surface area contributed by atoms with Crippen LogP contribution in [0.1, 0.15) is 29.7 Å². The number of benzene rings is 2. The first kappa shape index (κ1) is 17.0. The fourth-order valence-electron chi connectivity index (χ4n) is 3.36. The van der Waals surface area contributed by atoms with Crippen LogP contribution in [-0.4, -0.2) is 26.1 Å². The largest absolute Gasteiger partial charge is 0.326 e. The van der Waals surface area contributed by atoms with E-state index >= 15 is 0 Å². The van der Waals surface area contributed by atoms with Crippen LogP contribution in [0.15, 0.2) is 59.8 Å². The summed E-state index contributed by atoms with van der Waals surface area (Å²) in [4.78, 5) is 13.2. The van der Waals surface area contributed by atoms with E-state index in [1.165, 1.54) is 0 Å². The van der Waals surface area contributed by atoms with Crippen LogP contribution < -0.4 is 10.6 Å². The van der Waals surface area contributed by atoms with Crippen LogP contribution in [0.3, 0.4) is 0 Å². The van der Waals surface area contributed by atoms with Crippen molar-refractivity contribution in [3.63, 3.8) is 0 Å². The van der Waals surface area contributed by atoms with Crippen molar-refractivity contribution in [1.82, 2.24) is 20.2 Å². The number of rotatable bonds is 3. The van der Waals surface area contributed by atoms with E-state index in [1.807, 2.05) is 63.2 Å². The van der Waals surface area contributed by atoms with Crippen LogP contribution in [0.5, 0.6) is 0 Å². The number of nitrogens with one attached hydrogen (secondary N) is 2. The Morgan fingerprint density at radius 3 is 2.70 bits per heavy atom. The SMILES string of the molecule is CC1=C(C(=O)Nc2ccccc2C)[C@@H](c2cccc(C)c2)n2nnnc2N1. The van der Waals surface area contributed by atoms with Crippen LogP contribution in [0, 0.1) is 13.8 Å². The number of para-hydroxylation sites is 1. The van der Waals surface area contributed by atoms with E-state index in [1.54, 1.807) is 4.68 Å². The number of aryl methyl sites for hydroxylation is 2. The van der Waals surface area contributed by atoms with Gasteiger partial charge in [0.25, 0.3) is 5.91 Å². The van der Waals surface area contributed by atoms with Gasteiger partial charge in [0.2, 0.25) is 5.95 Å². The average Bonchev–Trinajstić information content (AvgIpc) is 3.10. The highest BCUT2D eigenvalue weighted by atomic mass is 16.1. The van der Waals surface area contributed by atoms with Gasteiger partial charge in [0.05, 0.1) is 5.57 Å². The third-order valence-electron chi connectivity index (χ3n) is 4.71. The molecule has 0 spiro atoms. The molecule has 0 unspecified atom stereocenters. The molecule has 0 bridgehead atoms. The molecule has 2 heterocycles. The predicted molar refractivity (Wildman–Crippen MR) is 103 cm³/mol. The van der Waals surface area contributed by atoms with Crippen LogP contribution >= 0.6 is 0 Å². The summed E-state index contributed by atoms with van der Waals surface area (Å²) in [7, 11) is 0. The van der Waals surface area contributed by atoms with E-state index in [4.69, 9.17) is 0 Å². The van der Waals surface area contributed by atoms with Crippen LogP contribution in [0.4, 0.5) is 11.6 Å². The number of tetrazole rings is 1. The number of anilines is 2. The molecule has 27 heavy (non-hydrogen) atoms. The Morgan fingerprint density at radius 2 is 1.93 bits per heavy atom. The number of nitrogens with zero attached hydrogens (tertiary/aromatic N) is 4. The second kappa shape index (κ2) is 6.68. The van der Waals surface area contributed by atoms with Crippen molar-refractivity contribution in [1.29, 1.82) is 0 Å². The normalized spacial score (nSPS) is 15.9. The van der Waals surface area contributed by atoms with Gasteiger partial charge in [-0.15, -0.1) is 0 Å². The van der Waals surface area contributed by atoms with Gasteiger partial charge in [0, 0.05) is 11.4 Å². The highest BCUT2D eigenvalue weighted by Gasteiger charge is 2.34. The lowest BCUT2D eigenvalue weighted by molar-refractivity contribution is -0.113. The van der Waals surface area contributed by atoms with Gasteiger partial charge in [-0.3, -0.25) is 4.79 Å². The van der Waals surface area contributed by atoms with Gasteiger partial charge in [-0.2, -0.15) is 4.68 Å². The molecular formula is C20H20N6O. The molecular weight excluding hydrogens is 340 g/mol. The zero-order valence-corrected chi connectivity index (χ0v) is 15.4. The zero-order chi connectivity index (χ0) is 19.0. The third-order valence-corrected chi connectivity index (χ3v) is 4.71. The summed E-state index contributed by atoms with van der Waals surface area (Å²) in [5.74, 6) is 0.341. The smallest absolute Gasteiger partial charge is 0.255 e. The molecule has 1 aliphatic heterocycles. The van der Waals surface area contributed by atoms with E-state index in [0.717, 1.165) is 28.1 Å². The van der Waals surface area contributed by atoms with E-state index < -0.39 is 6.04 Å². The second-order valence-electron chi connectivity index (χ2n) is 6.70. The van der Waals surface area contributed by atoms with Gasteiger partial charge in [0.15, 0.2) is 0 Å². The van der Waals surface area contributed by atoms with Gasteiger partial charge < -0.3 is 10.6 Å². The molecule has 4 rings (SSSR count). The molecule has 2 aromatic carbocycles. The Balaban J connectivity index is 1.79. The number of allylic oxidation sites excluding steroid dienone is 1. The van der Waals surface area contributed by atoms with E-state index in [-0.39, 0.29) is 5.91 Å². The number of fused-ring (bicyclic) bond motifs is 1. The van der Waals surface area contributed by atoms with Crippen molar-refractivity contribution in [2.75, 3.05) is 10.6 Å². The summed E-state index contributed by atoms with van der Waals surface area (Å²) in [6, 6.07) is 15.3. The molecule has 0 saturated carbocycles. The fraction of sp³-hybridized carbons (Fsp3) is 0.200. The van der Waals surface area contributed by atoms with Crippen molar-refractivity contribution in [3.05, 3.63) is 76.5 Å². The average molecular weight is 360 g/mol. The van der Waals surface area contributed by atoms with E-state index in [0.29, 0.717) is 11.5 Å². The van der Waals surface area contributed by atoms with Crippen molar-refractivity contribution < 1.29 is 4.79 Å². The lowest BCUT2D eigenvalue weighted by atomic mass is 9.94. The Hall–Kier alpha value is -3.48. The number of aromatic nitrogens is 4. The number of amides is 1. The standard InChI is InChI=1S/C20H20N6O/c1-12-7-6-9-15(11-12)18-17(14(3)21-20-23-24-25-26(18)20)19(27)22-16-10-5-4-8-13(16)2/h4-11,18H,1-3H3,(H,22,27)(H,21,23,25)/t18-/m1/s1. The maximum atomic E-state index is 13.2. The maximum absolute atomic E-state index is 13.2. The minimum atomic E-state index is -0.403. The monoisotopic (exact) mass is 360 g/mol. The van der Waals surface area contributed by atoms with Crippen molar-refractivity contribution in [3.8, 4) is 0 Å². The van der Waals surface area contributed by atoms with Gasteiger partial charge in [-0.1, -0.05) is 53.1 Å². The quantitative estimate of drug-likeness (QED) is 0.749. The fourth-order valence-corrected chi connectivity index (χ4v) is 3.36. The summed E-state index contributed by atoms with van der Waals surface area (Å²) >= 11 is 0. The maximum Gasteiger partial charge on any atom is 0.255 e. The lowest BCUT2D eigenvalue weighted by Gasteiger charge is -2.28. The molecule has 7 nitrogen and oxygen atoms in total. The van der Waals surface area contributed by atoms with E-state index in [9.17, 15) is 4.79 Å². The van der Waals surface area contributed by atoms with Crippen molar-refractivity contribution in [2.24, 2.45) is 0 Å². The molecule has 2 N–H and O–H groups in total. The third kappa shape index (κ3) is 3.08. The predicted octanol–water partition coefficient (Wildman–Crippen LogP) is 3.22. The summed E-state index contributed by atoms with van der Waals surface area (Å²) in [5.41, 5.74) is 5.17. The number of hydrogen-bond donors (Lipinski definition) is 2. The summed E-state index contributed by atoms with van der Waals surface area (Å²) in [5, 5.41) is 18.1. The van der Waals surface area contributed by atoms with Crippen LogP contribution in [0.2, 0.25) is 0 Å². The molecule has 0 radical (unpaired) electrons. The Labute approximate surface area is 157 Å². The summed E-state index contributed by atoms with van der Waals surface area (Å²) in [6.45, 7) is 5.86. The molecule has 0 saturated heterocycles. The molecule has 1 atom stereocenters. The lowest BCUT2D eigenvalue weighted by Crippen LogP contribution is -2.31. The number of carbonyl (C=O) groups is 1. The number of carbonyl (C=O) groups excluding carboxylic acids is 1. The molecule has 136 valence electrons. The summed E-state index contributed by atoms with van der Waals surface area (Å²) in [6.07, 6.45) is 0. The van der Waals surface area contributed by atoms with E-state index in [2.05, 4.69) is 32.2 Å². The first-order chi connectivity index (χ1) is 13.0. The first-order valence-electron chi connectivity index (χ1n) is 8.74. The van der Waals surface area contributed by atoms with Gasteiger partial charge in [-0.25, -0.2) is 0 Å².